The number of anilines is 1. The molecule has 23 heavy (non-hydrogen) atoms. The summed E-state index contributed by atoms with van der Waals surface area (Å²) in [6.45, 7) is 6.27. The smallest absolute Gasteiger partial charge is 0.261 e. The van der Waals surface area contributed by atoms with Crippen molar-refractivity contribution in [3.63, 3.8) is 0 Å². The van der Waals surface area contributed by atoms with Crippen molar-refractivity contribution in [1.29, 1.82) is 0 Å². The molecule has 0 aliphatic carbocycles. The topological polar surface area (TPSA) is 74.8 Å². The molecule has 120 valence electrons. The third-order valence-corrected chi connectivity index (χ3v) is 5.12. The van der Waals surface area contributed by atoms with Gasteiger partial charge in [-0.3, -0.25) is 9.82 Å². The van der Waals surface area contributed by atoms with Crippen LogP contribution in [0.3, 0.4) is 0 Å². The molecule has 6 heteroatoms. The van der Waals surface area contributed by atoms with E-state index in [9.17, 15) is 8.42 Å². The highest BCUT2D eigenvalue weighted by Gasteiger charge is 2.17. The predicted octanol–water partition coefficient (Wildman–Crippen LogP) is 3.66. The highest BCUT2D eigenvalue weighted by Crippen LogP contribution is 2.25. The first-order valence-electron chi connectivity index (χ1n) is 7.32. The molecule has 5 nitrogen and oxygen atoms in total. The van der Waals surface area contributed by atoms with E-state index < -0.39 is 10.0 Å². The summed E-state index contributed by atoms with van der Waals surface area (Å²) >= 11 is 0. The summed E-state index contributed by atoms with van der Waals surface area (Å²) in [6, 6.07) is 12.2. The second-order valence-corrected chi connectivity index (χ2v) is 8.23. The van der Waals surface area contributed by atoms with Crippen LogP contribution in [-0.4, -0.2) is 18.6 Å². The van der Waals surface area contributed by atoms with Crippen LogP contribution in [0.5, 0.6) is 0 Å². The molecule has 0 aliphatic rings. The molecule has 0 unspecified atom stereocenters. The molecule has 0 bridgehead atoms. The summed E-state index contributed by atoms with van der Waals surface area (Å²) in [5, 5.41) is 7.69. The SMILES string of the molecule is CC(C)(C)c1ccc(S(=O)(=O)Nc2ccc3cn[nH]c3c2)cc1. The number of aromatic nitrogens is 2. The van der Waals surface area contributed by atoms with Gasteiger partial charge in [0.1, 0.15) is 0 Å². The van der Waals surface area contributed by atoms with Crippen LogP contribution in [-0.2, 0) is 15.4 Å². The maximum Gasteiger partial charge on any atom is 0.261 e. The van der Waals surface area contributed by atoms with Crippen molar-refractivity contribution in [2.24, 2.45) is 0 Å². The fourth-order valence-corrected chi connectivity index (χ4v) is 3.40. The summed E-state index contributed by atoms with van der Waals surface area (Å²) in [4.78, 5) is 0.246. The number of nitrogens with one attached hydrogen (secondary N) is 2. The van der Waals surface area contributed by atoms with Gasteiger partial charge in [0.05, 0.1) is 22.3 Å². The summed E-state index contributed by atoms with van der Waals surface area (Å²) in [5.74, 6) is 0. The first kappa shape index (κ1) is 15.6. The molecule has 0 saturated carbocycles. The zero-order valence-electron chi connectivity index (χ0n) is 13.3. The Morgan fingerprint density at radius 2 is 1.74 bits per heavy atom. The first-order valence-corrected chi connectivity index (χ1v) is 8.80. The summed E-state index contributed by atoms with van der Waals surface area (Å²) in [5.41, 5.74) is 2.37. The zero-order chi connectivity index (χ0) is 16.7. The van der Waals surface area contributed by atoms with E-state index in [2.05, 4.69) is 35.7 Å². The molecular formula is C17H19N3O2S. The lowest BCUT2D eigenvalue weighted by molar-refractivity contribution is 0.587. The van der Waals surface area contributed by atoms with Crippen LogP contribution in [0.4, 0.5) is 5.69 Å². The lowest BCUT2D eigenvalue weighted by Crippen LogP contribution is -2.14. The van der Waals surface area contributed by atoms with Gasteiger partial charge in [0, 0.05) is 5.39 Å². The van der Waals surface area contributed by atoms with Crippen molar-refractivity contribution < 1.29 is 8.42 Å². The van der Waals surface area contributed by atoms with Gasteiger partial charge in [0.25, 0.3) is 10.0 Å². The third kappa shape index (κ3) is 3.22. The molecule has 0 saturated heterocycles. The van der Waals surface area contributed by atoms with Crippen molar-refractivity contribution in [2.45, 2.75) is 31.1 Å². The van der Waals surface area contributed by atoms with Gasteiger partial charge < -0.3 is 0 Å². The molecule has 1 aromatic heterocycles. The Balaban J connectivity index is 1.88. The Labute approximate surface area is 135 Å². The minimum atomic E-state index is -3.61. The Morgan fingerprint density at radius 1 is 1.04 bits per heavy atom. The van der Waals surface area contributed by atoms with Crippen LogP contribution in [0, 0.1) is 0 Å². The highest BCUT2D eigenvalue weighted by molar-refractivity contribution is 7.92. The molecule has 0 aliphatic heterocycles. The van der Waals surface area contributed by atoms with Crippen LogP contribution >= 0.6 is 0 Å². The van der Waals surface area contributed by atoms with E-state index in [1.54, 1.807) is 30.5 Å². The Hall–Kier alpha value is -2.34. The first-order chi connectivity index (χ1) is 10.8. The maximum atomic E-state index is 12.5. The number of hydrogen-bond acceptors (Lipinski definition) is 3. The molecule has 0 amide bonds. The van der Waals surface area contributed by atoms with Crippen LogP contribution in [0.25, 0.3) is 10.9 Å². The quantitative estimate of drug-likeness (QED) is 0.770. The van der Waals surface area contributed by atoms with Crippen LogP contribution in [0.15, 0.2) is 53.6 Å². The molecule has 2 N–H and O–H groups in total. The minimum Gasteiger partial charge on any atom is -0.280 e. The van der Waals surface area contributed by atoms with Gasteiger partial charge in [-0.2, -0.15) is 5.10 Å². The lowest BCUT2D eigenvalue weighted by atomic mass is 9.87. The molecule has 1 heterocycles. The molecule has 0 atom stereocenters. The normalized spacial score (nSPS) is 12.5. The number of sulfonamides is 1. The van der Waals surface area contributed by atoms with Gasteiger partial charge in [-0.15, -0.1) is 0 Å². The van der Waals surface area contributed by atoms with Crippen molar-refractivity contribution in [3.8, 4) is 0 Å². The molecule has 3 aromatic rings. The Kier molecular flexibility index (Phi) is 3.64. The number of aromatic amines is 1. The fraction of sp³-hybridized carbons (Fsp3) is 0.235. The second-order valence-electron chi connectivity index (χ2n) is 6.55. The summed E-state index contributed by atoms with van der Waals surface area (Å²) in [7, 11) is -3.61. The van der Waals surface area contributed by atoms with E-state index >= 15 is 0 Å². The zero-order valence-corrected chi connectivity index (χ0v) is 14.1. The monoisotopic (exact) mass is 329 g/mol. The summed E-state index contributed by atoms with van der Waals surface area (Å²) < 4.78 is 27.6. The molecule has 0 radical (unpaired) electrons. The predicted molar refractivity (Wildman–Crippen MR) is 92.0 cm³/mol. The Bertz CT molecular complexity index is 936. The van der Waals surface area contributed by atoms with E-state index in [1.807, 2.05) is 18.2 Å². The number of H-pyrrole nitrogens is 1. The van der Waals surface area contributed by atoms with Crippen molar-refractivity contribution in [3.05, 3.63) is 54.2 Å². The highest BCUT2D eigenvalue weighted by atomic mass is 32.2. The van der Waals surface area contributed by atoms with Crippen molar-refractivity contribution in [2.75, 3.05) is 4.72 Å². The van der Waals surface area contributed by atoms with E-state index in [1.165, 1.54) is 0 Å². The van der Waals surface area contributed by atoms with Crippen LogP contribution in [0.2, 0.25) is 0 Å². The number of hydrogen-bond donors (Lipinski definition) is 2. The van der Waals surface area contributed by atoms with Gasteiger partial charge in [-0.1, -0.05) is 32.9 Å². The molecule has 0 spiro atoms. The van der Waals surface area contributed by atoms with E-state index in [4.69, 9.17) is 0 Å². The van der Waals surface area contributed by atoms with Crippen LogP contribution in [0.1, 0.15) is 26.3 Å². The van der Waals surface area contributed by atoms with Crippen molar-refractivity contribution in [1.82, 2.24) is 10.2 Å². The van der Waals surface area contributed by atoms with Gasteiger partial charge >= 0.3 is 0 Å². The fourth-order valence-electron chi connectivity index (χ4n) is 2.35. The van der Waals surface area contributed by atoms with E-state index in [0.29, 0.717) is 5.69 Å². The van der Waals surface area contributed by atoms with E-state index in [0.717, 1.165) is 16.5 Å². The second kappa shape index (κ2) is 5.38. The van der Waals surface area contributed by atoms with E-state index in [-0.39, 0.29) is 10.3 Å². The molecular weight excluding hydrogens is 310 g/mol. The Morgan fingerprint density at radius 3 is 2.39 bits per heavy atom. The average Bonchev–Trinajstić information content (AvgIpc) is 2.93. The standard InChI is InChI=1S/C17H19N3O2S/c1-17(2,3)13-5-8-15(9-6-13)23(21,22)20-14-7-4-12-11-18-19-16(12)10-14/h4-11,20H,1-3H3,(H,18,19). The molecule has 0 fully saturated rings. The lowest BCUT2D eigenvalue weighted by Gasteiger charge is -2.19. The number of nitrogens with zero attached hydrogens (tertiary/aromatic N) is 1. The number of rotatable bonds is 3. The average molecular weight is 329 g/mol. The number of benzene rings is 2. The van der Waals surface area contributed by atoms with Crippen molar-refractivity contribution >= 4 is 26.6 Å². The van der Waals surface area contributed by atoms with Crippen LogP contribution < -0.4 is 4.72 Å². The van der Waals surface area contributed by atoms with Gasteiger partial charge in [-0.25, -0.2) is 8.42 Å². The third-order valence-electron chi connectivity index (χ3n) is 3.72. The van der Waals surface area contributed by atoms with Gasteiger partial charge in [0.2, 0.25) is 0 Å². The molecule has 3 rings (SSSR count). The van der Waals surface area contributed by atoms with Gasteiger partial charge in [-0.05, 0) is 41.3 Å². The number of fused-ring (bicyclic) bond motifs is 1. The minimum absolute atomic E-state index is 0.0125. The largest absolute Gasteiger partial charge is 0.280 e. The molecule has 2 aromatic carbocycles. The van der Waals surface area contributed by atoms with Gasteiger partial charge in [0.15, 0.2) is 0 Å². The maximum absolute atomic E-state index is 12.5. The summed E-state index contributed by atoms with van der Waals surface area (Å²) in [6.07, 6.45) is 1.69.